The van der Waals surface area contributed by atoms with E-state index in [4.69, 9.17) is 21.3 Å². The van der Waals surface area contributed by atoms with Crippen LogP contribution < -0.4 is 4.74 Å². The maximum absolute atomic E-state index is 6.26. The summed E-state index contributed by atoms with van der Waals surface area (Å²) in [6.45, 7) is 5.92. The molecule has 1 saturated carbocycles. The van der Waals surface area contributed by atoms with Gasteiger partial charge in [0.2, 0.25) is 0 Å². The highest BCUT2D eigenvalue weighted by Gasteiger charge is 2.28. The Labute approximate surface area is 129 Å². The zero-order chi connectivity index (χ0) is 15.0. The summed E-state index contributed by atoms with van der Waals surface area (Å²) < 4.78 is 5.70. The molecule has 0 unspecified atom stereocenters. The Morgan fingerprint density at radius 3 is 2.67 bits per heavy atom. The Bertz CT molecular complexity index is 669. The molecule has 1 aliphatic rings. The smallest absolute Gasteiger partial charge is 0.138 e. The van der Waals surface area contributed by atoms with Gasteiger partial charge in [-0.15, -0.1) is 0 Å². The normalized spacial score (nSPS) is 14.5. The van der Waals surface area contributed by atoms with Crippen LogP contribution in [0.3, 0.4) is 0 Å². The minimum Gasteiger partial charge on any atom is -0.489 e. The SMILES string of the molecule is Cc1c(Cl)nc(C2CC2)nc1-c1cncc(OC(C)C)c1. The first-order valence-electron chi connectivity index (χ1n) is 7.20. The van der Waals surface area contributed by atoms with Gasteiger partial charge in [-0.3, -0.25) is 4.98 Å². The molecule has 3 rings (SSSR count). The first-order chi connectivity index (χ1) is 10.0. The lowest BCUT2D eigenvalue weighted by Crippen LogP contribution is -2.06. The van der Waals surface area contributed by atoms with Crippen molar-refractivity contribution in [2.75, 3.05) is 0 Å². The number of pyridine rings is 1. The van der Waals surface area contributed by atoms with Gasteiger partial charge in [0.05, 0.1) is 18.0 Å². The van der Waals surface area contributed by atoms with Gasteiger partial charge in [-0.05, 0) is 39.7 Å². The lowest BCUT2D eigenvalue weighted by molar-refractivity contribution is 0.241. The largest absolute Gasteiger partial charge is 0.489 e. The first kappa shape index (κ1) is 14.3. The molecule has 0 aromatic carbocycles. The van der Waals surface area contributed by atoms with Crippen LogP contribution in [0.1, 0.15) is 44.0 Å². The first-order valence-corrected chi connectivity index (χ1v) is 7.58. The van der Waals surface area contributed by atoms with Crippen LogP contribution in [0.4, 0.5) is 0 Å². The summed E-state index contributed by atoms with van der Waals surface area (Å²) >= 11 is 6.26. The number of rotatable bonds is 4. The van der Waals surface area contributed by atoms with Gasteiger partial charge in [-0.1, -0.05) is 11.6 Å². The average molecular weight is 304 g/mol. The van der Waals surface area contributed by atoms with E-state index < -0.39 is 0 Å². The molecule has 0 bridgehead atoms. The van der Waals surface area contributed by atoms with E-state index in [2.05, 4.69) is 9.97 Å². The van der Waals surface area contributed by atoms with Crippen LogP contribution in [0, 0.1) is 6.92 Å². The summed E-state index contributed by atoms with van der Waals surface area (Å²) in [4.78, 5) is 13.3. The van der Waals surface area contributed by atoms with Crippen molar-refractivity contribution < 1.29 is 4.74 Å². The van der Waals surface area contributed by atoms with Crippen molar-refractivity contribution in [3.63, 3.8) is 0 Å². The van der Waals surface area contributed by atoms with E-state index in [0.29, 0.717) is 11.1 Å². The minimum atomic E-state index is 0.110. The molecule has 0 amide bonds. The van der Waals surface area contributed by atoms with Gasteiger partial charge < -0.3 is 4.74 Å². The molecule has 0 saturated heterocycles. The highest BCUT2D eigenvalue weighted by molar-refractivity contribution is 6.30. The van der Waals surface area contributed by atoms with Crippen LogP contribution in [-0.4, -0.2) is 21.1 Å². The van der Waals surface area contributed by atoms with Crippen LogP contribution in [0.5, 0.6) is 5.75 Å². The number of aromatic nitrogens is 3. The fourth-order valence-electron chi connectivity index (χ4n) is 2.20. The highest BCUT2D eigenvalue weighted by atomic mass is 35.5. The molecule has 2 heterocycles. The number of hydrogen-bond donors (Lipinski definition) is 0. The summed E-state index contributed by atoms with van der Waals surface area (Å²) in [5.74, 6) is 2.05. The van der Waals surface area contributed by atoms with Gasteiger partial charge >= 0.3 is 0 Å². The zero-order valence-corrected chi connectivity index (χ0v) is 13.2. The lowest BCUT2D eigenvalue weighted by Gasteiger charge is -2.12. The molecule has 0 radical (unpaired) electrons. The maximum atomic E-state index is 6.26. The van der Waals surface area contributed by atoms with Crippen LogP contribution in [0.25, 0.3) is 11.3 Å². The van der Waals surface area contributed by atoms with Crippen LogP contribution in [-0.2, 0) is 0 Å². The maximum Gasteiger partial charge on any atom is 0.138 e. The molecule has 0 aliphatic heterocycles. The predicted molar refractivity (Wildman–Crippen MR) is 82.7 cm³/mol. The molecule has 1 aliphatic carbocycles. The zero-order valence-electron chi connectivity index (χ0n) is 12.4. The summed E-state index contributed by atoms with van der Waals surface area (Å²) in [6.07, 6.45) is 5.90. The standard InChI is InChI=1S/C16H18ClN3O/c1-9(2)21-13-6-12(7-18-8-13)14-10(3)15(17)20-16(19-14)11-4-5-11/h6-9,11H,4-5H2,1-3H3. The van der Waals surface area contributed by atoms with Crippen LogP contribution >= 0.6 is 11.6 Å². The van der Waals surface area contributed by atoms with Crippen LogP contribution in [0.15, 0.2) is 18.5 Å². The second-order valence-corrected chi connectivity index (χ2v) is 6.05. The fourth-order valence-corrected chi connectivity index (χ4v) is 2.37. The van der Waals surface area contributed by atoms with E-state index in [-0.39, 0.29) is 6.10 Å². The molecule has 2 aromatic rings. The van der Waals surface area contributed by atoms with E-state index in [1.165, 1.54) is 0 Å². The lowest BCUT2D eigenvalue weighted by atomic mass is 10.1. The Balaban J connectivity index is 2.03. The highest BCUT2D eigenvalue weighted by Crippen LogP contribution is 2.40. The quantitative estimate of drug-likeness (QED) is 0.796. The molecular formula is C16H18ClN3O. The second-order valence-electron chi connectivity index (χ2n) is 5.70. The predicted octanol–water partition coefficient (Wildman–Crippen LogP) is 4.17. The van der Waals surface area contributed by atoms with Gasteiger partial charge in [-0.25, -0.2) is 9.97 Å². The Morgan fingerprint density at radius 2 is 2.00 bits per heavy atom. The third kappa shape index (κ3) is 3.16. The topological polar surface area (TPSA) is 47.9 Å². The molecule has 4 nitrogen and oxygen atoms in total. The van der Waals surface area contributed by atoms with Gasteiger partial charge in [-0.2, -0.15) is 0 Å². The van der Waals surface area contributed by atoms with E-state index in [1.807, 2.05) is 26.8 Å². The van der Waals surface area contributed by atoms with Gasteiger partial charge in [0.25, 0.3) is 0 Å². The van der Waals surface area contributed by atoms with Gasteiger partial charge in [0.1, 0.15) is 16.7 Å². The summed E-state index contributed by atoms with van der Waals surface area (Å²) in [5, 5.41) is 0.525. The number of hydrogen-bond acceptors (Lipinski definition) is 4. The van der Waals surface area contributed by atoms with Crippen molar-refractivity contribution in [3.05, 3.63) is 35.0 Å². The summed E-state index contributed by atoms with van der Waals surface area (Å²) in [5.41, 5.74) is 2.64. The van der Waals surface area contributed by atoms with E-state index in [0.717, 1.165) is 41.2 Å². The van der Waals surface area contributed by atoms with Crippen molar-refractivity contribution in [2.45, 2.75) is 45.6 Å². The monoisotopic (exact) mass is 303 g/mol. The van der Waals surface area contributed by atoms with Gasteiger partial charge in [0, 0.05) is 23.2 Å². The molecular weight excluding hydrogens is 286 g/mol. The third-order valence-corrected chi connectivity index (χ3v) is 3.77. The Hall–Kier alpha value is -1.68. The molecule has 21 heavy (non-hydrogen) atoms. The Morgan fingerprint density at radius 1 is 1.24 bits per heavy atom. The molecule has 0 N–H and O–H groups in total. The molecule has 5 heteroatoms. The van der Waals surface area contributed by atoms with E-state index in [9.17, 15) is 0 Å². The molecule has 0 atom stereocenters. The number of ether oxygens (including phenoxy) is 1. The second kappa shape index (κ2) is 5.60. The average Bonchev–Trinajstić information content (AvgIpc) is 3.25. The fraction of sp³-hybridized carbons (Fsp3) is 0.438. The summed E-state index contributed by atoms with van der Waals surface area (Å²) in [6, 6.07) is 1.95. The molecule has 0 spiro atoms. The van der Waals surface area contributed by atoms with Crippen molar-refractivity contribution >= 4 is 11.6 Å². The third-order valence-electron chi connectivity index (χ3n) is 3.40. The van der Waals surface area contributed by atoms with Crippen molar-refractivity contribution in [1.29, 1.82) is 0 Å². The van der Waals surface area contributed by atoms with Crippen molar-refractivity contribution in [3.8, 4) is 17.0 Å². The van der Waals surface area contributed by atoms with Gasteiger partial charge in [0.15, 0.2) is 0 Å². The van der Waals surface area contributed by atoms with E-state index in [1.54, 1.807) is 12.4 Å². The Kier molecular flexibility index (Phi) is 3.81. The molecule has 110 valence electrons. The molecule has 2 aromatic heterocycles. The minimum absolute atomic E-state index is 0.110. The molecule has 1 fully saturated rings. The van der Waals surface area contributed by atoms with Crippen molar-refractivity contribution in [2.24, 2.45) is 0 Å². The summed E-state index contributed by atoms with van der Waals surface area (Å²) in [7, 11) is 0. The number of halogens is 1. The number of nitrogens with zero attached hydrogens (tertiary/aromatic N) is 3. The van der Waals surface area contributed by atoms with Crippen LogP contribution in [0.2, 0.25) is 5.15 Å². The van der Waals surface area contributed by atoms with Crippen molar-refractivity contribution in [1.82, 2.24) is 15.0 Å². The van der Waals surface area contributed by atoms with E-state index >= 15 is 0 Å².